The molecule has 0 amide bonds. The second-order valence-electron chi connectivity index (χ2n) is 10.1. The highest BCUT2D eigenvalue weighted by atomic mass is 32.2. The van der Waals surface area contributed by atoms with Crippen molar-refractivity contribution in [3.63, 3.8) is 0 Å². The first-order valence-electron chi connectivity index (χ1n) is 13.4. The molecular weight excluding hydrogens is 520 g/mol. The lowest BCUT2D eigenvalue weighted by Crippen LogP contribution is -2.55. The molecule has 0 bridgehead atoms. The van der Waals surface area contributed by atoms with Gasteiger partial charge in [0.15, 0.2) is 0 Å². The van der Waals surface area contributed by atoms with Crippen molar-refractivity contribution in [2.45, 2.75) is 37.3 Å². The molecule has 9 heteroatoms. The number of hydrogen-bond acceptors (Lipinski definition) is 5. The highest BCUT2D eigenvalue weighted by Crippen LogP contribution is 2.31. The van der Waals surface area contributed by atoms with E-state index < -0.39 is 16.1 Å². The Balaban J connectivity index is 1.52. The van der Waals surface area contributed by atoms with Gasteiger partial charge in [0.05, 0.1) is 24.6 Å². The first-order valence-corrected chi connectivity index (χ1v) is 15.2. The van der Waals surface area contributed by atoms with Gasteiger partial charge in [0, 0.05) is 38.1 Å². The Morgan fingerprint density at radius 2 is 1.41 bits per heavy atom. The van der Waals surface area contributed by atoms with Gasteiger partial charge in [-0.05, 0) is 60.4 Å². The fourth-order valence-corrected chi connectivity index (χ4v) is 6.33. The van der Waals surface area contributed by atoms with Crippen LogP contribution < -0.4 is 9.62 Å². The third-order valence-corrected chi connectivity index (χ3v) is 8.56. The van der Waals surface area contributed by atoms with Crippen molar-refractivity contribution < 1.29 is 22.3 Å². The molecule has 3 aromatic rings. The van der Waals surface area contributed by atoms with Crippen LogP contribution in [-0.4, -0.2) is 69.5 Å². The molecule has 2 atom stereocenters. The van der Waals surface area contributed by atoms with Gasteiger partial charge in [0.1, 0.15) is 11.6 Å². The predicted octanol–water partition coefficient (Wildman–Crippen LogP) is 4.37. The average molecular weight is 558 g/mol. The molecule has 1 saturated heterocycles. The van der Waals surface area contributed by atoms with Gasteiger partial charge in [-0.2, -0.15) is 0 Å². The molecule has 4 rings (SSSR count). The fourth-order valence-electron chi connectivity index (χ4n) is 5.40. The standard InChI is InChI=1S/C30H37F2N3O3S/c1-39(37,38)35(27-6-3-2-4-7-27)22-30(36)29(34-20-18-33-19-21-34)9-5-8-28(23-10-14-25(31)15-11-23)24-12-16-26(32)17-13-24/h2-4,6-7,10-17,28-30,33,36H,5,8-9,18-22H2,1H3. The van der Waals surface area contributed by atoms with E-state index in [1.54, 1.807) is 48.5 Å². The first kappa shape index (κ1) is 29.1. The summed E-state index contributed by atoms with van der Waals surface area (Å²) in [6.45, 7) is 3.06. The summed E-state index contributed by atoms with van der Waals surface area (Å²) < 4.78 is 53.9. The van der Waals surface area contributed by atoms with E-state index in [0.29, 0.717) is 18.5 Å². The summed E-state index contributed by atoms with van der Waals surface area (Å²) in [7, 11) is -3.61. The zero-order valence-electron chi connectivity index (χ0n) is 22.2. The Hall–Kier alpha value is -2.85. The Morgan fingerprint density at radius 3 is 1.92 bits per heavy atom. The van der Waals surface area contributed by atoms with Crippen LogP contribution in [0.3, 0.4) is 0 Å². The molecular formula is C30H37F2N3O3S. The smallest absolute Gasteiger partial charge is 0.232 e. The number of para-hydroxylation sites is 1. The van der Waals surface area contributed by atoms with Crippen LogP contribution in [0.4, 0.5) is 14.5 Å². The number of nitrogens with zero attached hydrogens (tertiary/aromatic N) is 2. The second kappa shape index (κ2) is 13.5. The van der Waals surface area contributed by atoms with Crippen molar-refractivity contribution in [3.8, 4) is 0 Å². The molecule has 1 fully saturated rings. The van der Waals surface area contributed by atoms with Gasteiger partial charge in [0.2, 0.25) is 10.0 Å². The molecule has 0 radical (unpaired) electrons. The molecule has 6 nitrogen and oxygen atoms in total. The monoisotopic (exact) mass is 557 g/mol. The van der Waals surface area contributed by atoms with Crippen molar-refractivity contribution >= 4 is 15.7 Å². The average Bonchev–Trinajstić information content (AvgIpc) is 2.93. The van der Waals surface area contributed by atoms with Gasteiger partial charge >= 0.3 is 0 Å². The van der Waals surface area contributed by atoms with Crippen LogP contribution in [0.1, 0.15) is 36.3 Å². The summed E-state index contributed by atoms with van der Waals surface area (Å²) >= 11 is 0. The maximum Gasteiger partial charge on any atom is 0.232 e. The van der Waals surface area contributed by atoms with Crippen LogP contribution in [0.2, 0.25) is 0 Å². The van der Waals surface area contributed by atoms with Crippen molar-refractivity contribution in [1.82, 2.24) is 10.2 Å². The molecule has 0 aliphatic carbocycles. The van der Waals surface area contributed by atoms with Crippen molar-refractivity contribution in [3.05, 3.63) is 102 Å². The summed E-state index contributed by atoms with van der Waals surface area (Å²) in [6.07, 6.45) is 2.33. The largest absolute Gasteiger partial charge is 0.390 e. The van der Waals surface area contributed by atoms with E-state index in [1.165, 1.54) is 28.6 Å². The molecule has 0 saturated carbocycles. The summed E-state index contributed by atoms with van der Waals surface area (Å²) in [6, 6.07) is 21.3. The van der Waals surface area contributed by atoms with E-state index in [9.17, 15) is 22.3 Å². The molecule has 210 valence electrons. The number of aliphatic hydroxyl groups is 1. The fraction of sp³-hybridized carbons (Fsp3) is 0.400. The number of nitrogens with one attached hydrogen (secondary N) is 1. The van der Waals surface area contributed by atoms with E-state index in [-0.39, 0.29) is 30.1 Å². The lowest BCUT2D eigenvalue weighted by molar-refractivity contribution is 0.0416. The van der Waals surface area contributed by atoms with Gasteiger partial charge in [-0.3, -0.25) is 9.21 Å². The lowest BCUT2D eigenvalue weighted by Gasteiger charge is -2.39. The van der Waals surface area contributed by atoms with Crippen molar-refractivity contribution in [2.24, 2.45) is 0 Å². The van der Waals surface area contributed by atoms with Crippen LogP contribution >= 0.6 is 0 Å². The highest BCUT2D eigenvalue weighted by Gasteiger charge is 2.31. The van der Waals surface area contributed by atoms with Crippen LogP contribution in [0.25, 0.3) is 0 Å². The van der Waals surface area contributed by atoms with Gasteiger partial charge in [-0.15, -0.1) is 0 Å². The molecule has 0 spiro atoms. The Morgan fingerprint density at radius 1 is 0.872 bits per heavy atom. The summed E-state index contributed by atoms with van der Waals surface area (Å²) in [5.74, 6) is -0.691. The number of piperazine rings is 1. The van der Waals surface area contributed by atoms with E-state index in [1.807, 2.05) is 6.07 Å². The number of halogens is 2. The molecule has 2 N–H and O–H groups in total. The number of hydrogen-bond donors (Lipinski definition) is 2. The topological polar surface area (TPSA) is 72.9 Å². The quantitative estimate of drug-likeness (QED) is 0.346. The van der Waals surface area contributed by atoms with Crippen molar-refractivity contribution in [2.75, 3.05) is 43.3 Å². The van der Waals surface area contributed by atoms with E-state index in [0.717, 1.165) is 50.0 Å². The minimum Gasteiger partial charge on any atom is -0.390 e. The van der Waals surface area contributed by atoms with Gasteiger partial charge < -0.3 is 10.4 Å². The predicted molar refractivity (Wildman–Crippen MR) is 151 cm³/mol. The molecule has 39 heavy (non-hydrogen) atoms. The van der Waals surface area contributed by atoms with Crippen LogP contribution in [0.15, 0.2) is 78.9 Å². The second-order valence-corrected chi connectivity index (χ2v) is 12.0. The minimum absolute atomic E-state index is 0.0448. The zero-order valence-corrected chi connectivity index (χ0v) is 23.0. The maximum atomic E-state index is 13.6. The number of anilines is 1. The molecule has 0 aromatic heterocycles. The highest BCUT2D eigenvalue weighted by molar-refractivity contribution is 7.92. The summed E-state index contributed by atoms with van der Waals surface area (Å²) in [4.78, 5) is 2.23. The van der Waals surface area contributed by atoms with E-state index >= 15 is 0 Å². The molecule has 3 aromatic carbocycles. The van der Waals surface area contributed by atoms with Gasteiger partial charge in [-0.25, -0.2) is 17.2 Å². The Labute approximate surface area is 230 Å². The maximum absolute atomic E-state index is 13.6. The normalized spacial score (nSPS) is 16.2. The number of rotatable bonds is 12. The zero-order chi connectivity index (χ0) is 27.8. The van der Waals surface area contributed by atoms with E-state index in [2.05, 4.69) is 10.2 Å². The number of aliphatic hydroxyl groups excluding tert-OH is 1. The number of sulfonamides is 1. The molecule has 2 unspecified atom stereocenters. The molecule has 1 heterocycles. The van der Waals surface area contributed by atoms with Crippen LogP contribution in [0, 0.1) is 11.6 Å². The van der Waals surface area contributed by atoms with Crippen molar-refractivity contribution in [1.29, 1.82) is 0 Å². The van der Waals surface area contributed by atoms with Gasteiger partial charge in [0.25, 0.3) is 0 Å². The van der Waals surface area contributed by atoms with Crippen LogP contribution in [0.5, 0.6) is 0 Å². The first-order chi connectivity index (χ1) is 18.7. The Bertz CT molecular complexity index is 1220. The molecule has 1 aliphatic rings. The Kier molecular flexibility index (Phi) is 10.1. The third-order valence-electron chi connectivity index (χ3n) is 7.40. The number of benzene rings is 3. The summed E-state index contributed by atoms with van der Waals surface area (Å²) in [5, 5.41) is 14.8. The third kappa shape index (κ3) is 8.08. The van der Waals surface area contributed by atoms with Crippen LogP contribution in [-0.2, 0) is 10.0 Å². The summed E-state index contributed by atoms with van der Waals surface area (Å²) in [5.41, 5.74) is 2.40. The lowest BCUT2D eigenvalue weighted by atomic mass is 9.86. The van der Waals surface area contributed by atoms with Gasteiger partial charge in [-0.1, -0.05) is 48.9 Å². The minimum atomic E-state index is -3.61. The molecule has 1 aliphatic heterocycles. The SMILES string of the molecule is CS(=O)(=O)N(CC(O)C(CCCC(c1ccc(F)cc1)c1ccc(F)cc1)N1CCNCC1)c1ccccc1. The van der Waals surface area contributed by atoms with E-state index in [4.69, 9.17) is 0 Å².